The summed E-state index contributed by atoms with van der Waals surface area (Å²) in [5.41, 5.74) is 0.931. The molecule has 5 heteroatoms. The highest BCUT2D eigenvalue weighted by molar-refractivity contribution is 7.80. The first-order valence-corrected chi connectivity index (χ1v) is 7.93. The van der Waals surface area contributed by atoms with E-state index in [0.717, 1.165) is 37.2 Å². The normalized spacial score (nSPS) is 10.5. The molecule has 0 heterocycles. The summed E-state index contributed by atoms with van der Waals surface area (Å²) in [6.45, 7) is 5.90. The number of hydrogen-bond acceptors (Lipinski definition) is 3. The summed E-state index contributed by atoms with van der Waals surface area (Å²) in [6, 6.07) is 7.49. The van der Waals surface area contributed by atoms with Crippen molar-refractivity contribution in [2.45, 2.75) is 26.7 Å². The molecule has 1 rings (SSSR count). The van der Waals surface area contributed by atoms with Gasteiger partial charge < -0.3 is 9.64 Å². The molecule has 0 aliphatic heterocycles. The molecule has 1 amide bonds. The van der Waals surface area contributed by atoms with Crippen molar-refractivity contribution in [3.63, 3.8) is 0 Å². The monoisotopic (exact) mass is 320 g/mol. The third-order valence-electron chi connectivity index (χ3n) is 3.05. The van der Waals surface area contributed by atoms with Crippen LogP contribution in [0.3, 0.4) is 0 Å². The van der Waals surface area contributed by atoms with Crippen LogP contribution in [0.1, 0.15) is 32.3 Å². The Morgan fingerprint density at radius 2 is 1.82 bits per heavy atom. The Morgan fingerprint density at radius 1 is 1.23 bits per heavy atom. The summed E-state index contributed by atoms with van der Waals surface area (Å²) < 4.78 is 5.09. The molecular weight excluding hydrogens is 296 g/mol. The predicted molar refractivity (Wildman–Crippen MR) is 94.9 cm³/mol. The Balaban J connectivity index is 2.56. The van der Waals surface area contributed by atoms with Crippen molar-refractivity contribution < 1.29 is 9.53 Å². The number of ether oxygens (including phenoxy) is 1. The maximum absolute atomic E-state index is 11.9. The zero-order valence-corrected chi connectivity index (χ0v) is 14.3. The molecule has 0 aromatic heterocycles. The number of rotatable bonds is 7. The quantitative estimate of drug-likeness (QED) is 0.619. The molecule has 0 aliphatic carbocycles. The molecule has 0 radical (unpaired) electrons. The van der Waals surface area contributed by atoms with Crippen LogP contribution in [-0.2, 0) is 4.79 Å². The topological polar surface area (TPSA) is 41.6 Å². The summed E-state index contributed by atoms with van der Waals surface area (Å²) in [6.07, 6.45) is 5.24. The maximum Gasteiger partial charge on any atom is 0.250 e. The lowest BCUT2D eigenvalue weighted by atomic mass is 10.2. The molecule has 4 nitrogen and oxygen atoms in total. The van der Waals surface area contributed by atoms with Crippen molar-refractivity contribution in [1.29, 1.82) is 0 Å². The fourth-order valence-electron chi connectivity index (χ4n) is 1.97. The standard InChI is InChI=1S/C17H24N2O2S/c1-4-12-19(13-5-2)17(22)18-16(20)11-8-14-6-9-15(21-3)10-7-14/h6-11H,4-5,12-13H2,1-3H3,(H,18,20,22). The van der Waals surface area contributed by atoms with E-state index in [1.807, 2.05) is 29.2 Å². The second-order valence-electron chi connectivity index (χ2n) is 4.89. The molecular formula is C17H24N2O2S. The second-order valence-corrected chi connectivity index (χ2v) is 5.27. The molecule has 0 bridgehead atoms. The van der Waals surface area contributed by atoms with E-state index in [9.17, 15) is 4.79 Å². The van der Waals surface area contributed by atoms with Crippen LogP contribution in [0.2, 0.25) is 0 Å². The lowest BCUT2D eigenvalue weighted by molar-refractivity contribution is -0.115. The number of carbonyl (C=O) groups excluding carboxylic acids is 1. The zero-order valence-electron chi connectivity index (χ0n) is 13.5. The number of amides is 1. The Bertz CT molecular complexity index is 506. The molecule has 0 fully saturated rings. The van der Waals surface area contributed by atoms with E-state index in [1.54, 1.807) is 13.2 Å². The number of nitrogens with one attached hydrogen (secondary N) is 1. The Hall–Kier alpha value is -1.88. The Morgan fingerprint density at radius 3 is 2.32 bits per heavy atom. The molecule has 22 heavy (non-hydrogen) atoms. The maximum atomic E-state index is 11.9. The van der Waals surface area contributed by atoms with Gasteiger partial charge in [0.05, 0.1) is 7.11 Å². The molecule has 0 saturated heterocycles. The lowest BCUT2D eigenvalue weighted by Crippen LogP contribution is -2.42. The number of hydrogen-bond donors (Lipinski definition) is 1. The van der Waals surface area contributed by atoms with Crippen molar-refractivity contribution in [3.05, 3.63) is 35.9 Å². The summed E-state index contributed by atoms with van der Waals surface area (Å²) in [4.78, 5) is 13.9. The van der Waals surface area contributed by atoms with E-state index in [4.69, 9.17) is 17.0 Å². The van der Waals surface area contributed by atoms with Gasteiger partial charge >= 0.3 is 0 Å². The van der Waals surface area contributed by atoms with Crippen LogP contribution in [0.4, 0.5) is 0 Å². The van der Waals surface area contributed by atoms with Gasteiger partial charge in [0.1, 0.15) is 5.75 Å². The van der Waals surface area contributed by atoms with Gasteiger partial charge in [0.2, 0.25) is 5.91 Å². The van der Waals surface area contributed by atoms with Crippen LogP contribution < -0.4 is 10.1 Å². The number of thiocarbonyl (C=S) groups is 1. The molecule has 0 atom stereocenters. The van der Waals surface area contributed by atoms with Crippen molar-refractivity contribution in [1.82, 2.24) is 10.2 Å². The molecule has 0 saturated carbocycles. The lowest BCUT2D eigenvalue weighted by Gasteiger charge is -2.23. The highest BCUT2D eigenvalue weighted by Gasteiger charge is 2.09. The van der Waals surface area contributed by atoms with Crippen molar-refractivity contribution in [3.8, 4) is 5.75 Å². The van der Waals surface area contributed by atoms with Crippen LogP contribution in [0, 0.1) is 0 Å². The van der Waals surface area contributed by atoms with E-state index in [0.29, 0.717) is 5.11 Å². The molecule has 0 aliphatic rings. The van der Waals surface area contributed by atoms with E-state index in [1.165, 1.54) is 6.08 Å². The van der Waals surface area contributed by atoms with Gasteiger partial charge in [0.25, 0.3) is 0 Å². The smallest absolute Gasteiger partial charge is 0.250 e. The summed E-state index contributed by atoms with van der Waals surface area (Å²) in [5, 5.41) is 3.24. The van der Waals surface area contributed by atoms with Gasteiger partial charge in [0.15, 0.2) is 5.11 Å². The number of methoxy groups -OCH3 is 1. The first-order chi connectivity index (χ1) is 10.6. The van der Waals surface area contributed by atoms with Crippen LogP contribution >= 0.6 is 12.2 Å². The van der Waals surface area contributed by atoms with Gasteiger partial charge in [-0.1, -0.05) is 26.0 Å². The molecule has 0 unspecified atom stereocenters. The fourth-order valence-corrected chi connectivity index (χ4v) is 2.25. The molecule has 1 aromatic carbocycles. The predicted octanol–water partition coefficient (Wildman–Crippen LogP) is 3.23. The van der Waals surface area contributed by atoms with E-state index < -0.39 is 0 Å². The van der Waals surface area contributed by atoms with Crippen LogP contribution in [0.5, 0.6) is 5.75 Å². The first kappa shape index (κ1) is 18.2. The number of benzene rings is 1. The second kappa shape index (κ2) is 9.95. The van der Waals surface area contributed by atoms with Crippen molar-refractivity contribution >= 4 is 29.3 Å². The molecule has 1 N–H and O–H groups in total. The highest BCUT2D eigenvalue weighted by atomic mass is 32.1. The minimum atomic E-state index is -0.210. The average molecular weight is 320 g/mol. The van der Waals surface area contributed by atoms with Gasteiger partial charge in [-0.15, -0.1) is 0 Å². The van der Waals surface area contributed by atoms with E-state index in [-0.39, 0.29) is 5.91 Å². The minimum Gasteiger partial charge on any atom is -0.497 e. The van der Waals surface area contributed by atoms with Gasteiger partial charge in [0, 0.05) is 19.2 Å². The largest absolute Gasteiger partial charge is 0.497 e. The van der Waals surface area contributed by atoms with Crippen molar-refractivity contribution in [2.75, 3.05) is 20.2 Å². The van der Waals surface area contributed by atoms with Gasteiger partial charge in [-0.2, -0.15) is 0 Å². The average Bonchev–Trinajstić information content (AvgIpc) is 2.53. The SMILES string of the molecule is CCCN(CCC)C(=S)NC(=O)C=Cc1ccc(OC)cc1. The summed E-state index contributed by atoms with van der Waals surface area (Å²) >= 11 is 5.29. The minimum absolute atomic E-state index is 0.210. The molecule has 0 spiro atoms. The van der Waals surface area contributed by atoms with Crippen LogP contribution in [0.15, 0.2) is 30.3 Å². The van der Waals surface area contributed by atoms with Crippen LogP contribution in [-0.4, -0.2) is 36.1 Å². The Kier molecular flexibility index (Phi) is 8.22. The zero-order chi connectivity index (χ0) is 16.4. The van der Waals surface area contributed by atoms with E-state index in [2.05, 4.69) is 19.2 Å². The van der Waals surface area contributed by atoms with Crippen molar-refractivity contribution in [2.24, 2.45) is 0 Å². The third kappa shape index (κ3) is 6.26. The summed E-state index contributed by atoms with van der Waals surface area (Å²) in [7, 11) is 1.62. The number of carbonyl (C=O) groups is 1. The van der Waals surface area contributed by atoms with Gasteiger partial charge in [-0.25, -0.2) is 0 Å². The van der Waals surface area contributed by atoms with Gasteiger partial charge in [-0.05, 0) is 48.8 Å². The summed E-state index contributed by atoms with van der Waals surface area (Å²) in [5.74, 6) is 0.579. The first-order valence-electron chi connectivity index (χ1n) is 7.52. The molecule has 1 aromatic rings. The van der Waals surface area contributed by atoms with Gasteiger partial charge in [-0.3, -0.25) is 10.1 Å². The third-order valence-corrected chi connectivity index (χ3v) is 3.41. The van der Waals surface area contributed by atoms with E-state index >= 15 is 0 Å². The fraction of sp³-hybridized carbons (Fsp3) is 0.412. The molecule has 120 valence electrons. The number of nitrogens with zero attached hydrogens (tertiary/aromatic N) is 1. The Labute approximate surface area is 138 Å². The highest BCUT2D eigenvalue weighted by Crippen LogP contribution is 2.12. The van der Waals surface area contributed by atoms with Crippen LogP contribution in [0.25, 0.3) is 6.08 Å².